The van der Waals surface area contributed by atoms with Crippen molar-refractivity contribution in [2.75, 3.05) is 0 Å². The van der Waals surface area contributed by atoms with Gasteiger partial charge in [-0.05, 0) is 20.8 Å². The van der Waals surface area contributed by atoms with Gasteiger partial charge in [-0.3, -0.25) is 4.99 Å². The Bertz CT molecular complexity index is 885. The molecule has 0 radical (unpaired) electrons. The summed E-state index contributed by atoms with van der Waals surface area (Å²) in [6.07, 6.45) is 0. The summed E-state index contributed by atoms with van der Waals surface area (Å²) in [4.78, 5) is 4.86. The molecule has 0 aromatic heterocycles. The Balaban J connectivity index is 2.31. The quantitative estimate of drug-likeness (QED) is 0.456. The van der Waals surface area contributed by atoms with Crippen molar-refractivity contribution in [3.63, 3.8) is 0 Å². The van der Waals surface area contributed by atoms with Crippen LogP contribution in [0.2, 0.25) is 0 Å². The highest BCUT2D eigenvalue weighted by Gasteiger charge is 2.34. The Kier molecular flexibility index (Phi) is 5.54. The molecule has 0 saturated carbocycles. The summed E-state index contributed by atoms with van der Waals surface area (Å²) >= 11 is 0. The minimum absolute atomic E-state index is 0.0482. The van der Waals surface area contributed by atoms with Gasteiger partial charge in [-0.15, -0.1) is 0 Å². The van der Waals surface area contributed by atoms with Crippen molar-refractivity contribution in [1.82, 2.24) is 0 Å². The first-order chi connectivity index (χ1) is 12.5. The Labute approximate surface area is 156 Å². The monoisotopic (exact) mass is 361 g/mol. The summed E-state index contributed by atoms with van der Waals surface area (Å²) in [6.45, 7) is 6.10. The molecule has 0 bridgehead atoms. The van der Waals surface area contributed by atoms with Crippen LogP contribution in [0.5, 0.6) is 0 Å². The average Bonchev–Trinajstić information content (AvgIpc) is 2.67. The van der Waals surface area contributed by atoms with Crippen LogP contribution in [-0.2, 0) is 4.57 Å². The lowest BCUT2D eigenvalue weighted by Crippen LogP contribution is -2.24. The van der Waals surface area contributed by atoms with Crippen molar-refractivity contribution >= 4 is 23.2 Å². The molecule has 3 aromatic carbocycles. The molecule has 0 unspecified atom stereocenters. The van der Waals surface area contributed by atoms with E-state index in [1.165, 1.54) is 5.56 Å². The minimum atomic E-state index is -3.08. The van der Waals surface area contributed by atoms with Crippen LogP contribution in [0.1, 0.15) is 25.0 Å². The zero-order chi connectivity index (χ0) is 18.6. The molecule has 132 valence electrons. The molecule has 0 amide bonds. The lowest BCUT2D eigenvalue weighted by molar-refractivity contribution is 0.593. The van der Waals surface area contributed by atoms with Crippen LogP contribution in [0, 0.1) is 6.92 Å². The SMILES string of the molecule is Cc1ccc(C(=NC(C)C)P(=O)(c2ccccc2)c2ccccc2)cc1. The van der Waals surface area contributed by atoms with Crippen molar-refractivity contribution in [2.24, 2.45) is 4.99 Å². The van der Waals surface area contributed by atoms with Gasteiger partial charge in [-0.2, -0.15) is 0 Å². The van der Waals surface area contributed by atoms with Crippen LogP contribution in [0.3, 0.4) is 0 Å². The zero-order valence-electron chi connectivity index (χ0n) is 15.5. The maximum Gasteiger partial charge on any atom is 0.188 e. The van der Waals surface area contributed by atoms with Crippen molar-refractivity contribution in [1.29, 1.82) is 0 Å². The second-order valence-corrected chi connectivity index (χ2v) is 9.37. The topological polar surface area (TPSA) is 29.4 Å². The Morgan fingerprint density at radius 2 is 1.23 bits per heavy atom. The molecule has 2 nitrogen and oxygen atoms in total. The molecule has 0 saturated heterocycles. The molecule has 0 fully saturated rings. The van der Waals surface area contributed by atoms with Gasteiger partial charge in [-0.1, -0.05) is 90.5 Å². The van der Waals surface area contributed by atoms with Crippen molar-refractivity contribution < 1.29 is 4.57 Å². The van der Waals surface area contributed by atoms with Gasteiger partial charge < -0.3 is 4.57 Å². The van der Waals surface area contributed by atoms with E-state index < -0.39 is 7.14 Å². The predicted octanol–water partition coefficient (Wildman–Crippen LogP) is 5.16. The standard InChI is InChI=1S/C23H24NOP/c1-18(2)24-23(20-16-14-19(3)15-17-20)26(25,21-10-6-4-7-11-21)22-12-8-5-9-13-22/h4-18H,1-3H3. The van der Waals surface area contributed by atoms with Crippen LogP contribution in [-0.4, -0.2) is 11.5 Å². The highest BCUT2D eigenvalue weighted by molar-refractivity contribution is 7.93. The largest absolute Gasteiger partial charge is 0.307 e. The smallest absolute Gasteiger partial charge is 0.188 e. The number of hydrogen-bond acceptors (Lipinski definition) is 2. The molecule has 0 N–H and O–H groups in total. The molecule has 3 heteroatoms. The van der Waals surface area contributed by atoms with Gasteiger partial charge in [0.05, 0.1) is 0 Å². The van der Waals surface area contributed by atoms with E-state index >= 15 is 0 Å². The van der Waals surface area contributed by atoms with Crippen LogP contribution < -0.4 is 10.6 Å². The highest BCUT2D eigenvalue weighted by Crippen LogP contribution is 2.47. The molecule has 0 aliphatic carbocycles. The lowest BCUT2D eigenvalue weighted by atomic mass is 10.2. The van der Waals surface area contributed by atoms with Gasteiger partial charge in [0.25, 0.3) is 0 Å². The normalized spacial score (nSPS) is 12.4. The Morgan fingerprint density at radius 3 is 1.65 bits per heavy atom. The molecule has 0 heterocycles. The minimum Gasteiger partial charge on any atom is -0.307 e. The van der Waals surface area contributed by atoms with E-state index in [1.54, 1.807) is 0 Å². The number of benzene rings is 3. The van der Waals surface area contributed by atoms with Crippen LogP contribution in [0.15, 0.2) is 89.9 Å². The van der Waals surface area contributed by atoms with Crippen LogP contribution in [0.25, 0.3) is 0 Å². The van der Waals surface area contributed by atoms with Gasteiger partial charge in [0.1, 0.15) is 5.45 Å². The van der Waals surface area contributed by atoms with Gasteiger partial charge in [0.15, 0.2) is 7.14 Å². The third-order valence-corrected chi connectivity index (χ3v) is 7.25. The first-order valence-electron chi connectivity index (χ1n) is 8.88. The number of rotatable bonds is 5. The van der Waals surface area contributed by atoms with Gasteiger partial charge in [-0.25, -0.2) is 0 Å². The van der Waals surface area contributed by atoms with Crippen molar-refractivity contribution in [3.8, 4) is 0 Å². The number of aryl methyl sites for hydroxylation is 1. The molecular formula is C23H24NOP. The van der Waals surface area contributed by atoms with Crippen LogP contribution in [0.4, 0.5) is 0 Å². The summed E-state index contributed by atoms with van der Waals surface area (Å²) in [7, 11) is -3.08. The first-order valence-corrected chi connectivity index (χ1v) is 10.6. The summed E-state index contributed by atoms with van der Waals surface area (Å²) in [5, 5.41) is 1.62. The second-order valence-electron chi connectivity index (χ2n) is 6.69. The second kappa shape index (κ2) is 7.85. The van der Waals surface area contributed by atoms with Crippen molar-refractivity contribution in [2.45, 2.75) is 26.8 Å². The van der Waals surface area contributed by atoms with E-state index in [0.717, 1.165) is 16.2 Å². The molecular weight excluding hydrogens is 337 g/mol. The van der Waals surface area contributed by atoms with E-state index in [1.807, 2.05) is 98.8 Å². The third-order valence-electron chi connectivity index (χ3n) is 4.23. The molecule has 3 rings (SSSR count). The van der Waals surface area contributed by atoms with Crippen LogP contribution >= 0.6 is 7.14 Å². The summed E-state index contributed by atoms with van der Waals surface area (Å²) in [6, 6.07) is 27.6. The maximum absolute atomic E-state index is 14.6. The van der Waals surface area contributed by atoms with E-state index in [2.05, 4.69) is 6.92 Å². The number of nitrogens with zero attached hydrogens (tertiary/aromatic N) is 1. The molecule has 0 spiro atoms. The molecule has 0 aliphatic rings. The van der Waals surface area contributed by atoms with Crippen molar-refractivity contribution in [3.05, 3.63) is 96.1 Å². The molecule has 3 aromatic rings. The fraction of sp³-hybridized carbons (Fsp3) is 0.174. The summed E-state index contributed by atoms with van der Waals surface area (Å²) in [5.41, 5.74) is 2.76. The van der Waals surface area contributed by atoms with Gasteiger partial charge in [0, 0.05) is 22.2 Å². The molecule has 26 heavy (non-hydrogen) atoms. The maximum atomic E-state index is 14.6. The summed E-state index contributed by atoms with van der Waals surface area (Å²) < 4.78 is 14.6. The summed E-state index contributed by atoms with van der Waals surface area (Å²) in [5.74, 6) is 0. The molecule has 0 atom stereocenters. The Morgan fingerprint density at radius 1 is 0.769 bits per heavy atom. The highest BCUT2D eigenvalue weighted by atomic mass is 31.2. The van der Waals surface area contributed by atoms with E-state index in [4.69, 9.17) is 4.99 Å². The fourth-order valence-corrected chi connectivity index (χ4v) is 5.83. The van der Waals surface area contributed by atoms with E-state index in [-0.39, 0.29) is 6.04 Å². The Hall–Kier alpha value is -2.44. The zero-order valence-corrected chi connectivity index (χ0v) is 16.4. The number of hydrogen-bond donors (Lipinski definition) is 0. The first kappa shape index (κ1) is 18.4. The fourth-order valence-electron chi connectivity index (χ4n) is 2.95. The lowest BCUT2D eigenvalue weighted by Gasteiger charge is -2.23. The van der Waals surface area contributed by atoms with E-state index in [0.29, 0.717) is 5.45 Å². The van der Waals surface area contributed by atoms with E-state index in [9.17, 15) is 4.57 Å². The van der Waals surface area contributed by atoms with Gasteiger partial charge in [0.2, 0.25) is 0 Å². The number of aliphatic imine (C=N–C) groups is 1. The third kappa shape index (κ3) is 3.71. The molecule has 0 aliphatic heterocycles. The average molecular weight is 361 g/mol. The predicted molar refractivity (Wildman–Crippen MR) is 113 cm³/mol. The van der Waals surface area contributed by atoms with Gasteiger partial charge >= 0.3 is 0 Å².